The van der Waals surface area contributed by atoms with Crippen molar-refractivity contribution in [2.75, 3.05) is 13.2 Å². The van der Waals surface area contributed by atoms with Crippen LogP contribution in [0.1, 0.15) is 316 Å². The molecule has 0 radical (unpaired) electrons. The van der Waals surface area contributed by atoms with Crippen LogP contribution in [0.3, 0.4) is 0 Å². The molecule has 412 valence electrons. The van der Waals surface area contributed by atoms with Gasteiger partial charge in [-0.3, -0.25) is 14.4 Å². The summed E-state index contributed by atoms with van der Waals surface area (Å²) in [5, 5.41) is 0. The SMILES string of the molecule is CCCCC/C=C\C/C=C\CCCCCCCCCCCC(=O)OC[C@H](COC(=O)CCCCCCCCCCC/C=C\CCCCCCCC)OC(=O)CCCCCCC/C=C\C/C=C\CCCCC. The monoisotopic (exact) mass is 993 g/mol. The number of ether oxygens (including phenoxy) is 3. The van der Waals surface area contributed by atoms with E-state index < -0.39 is 6.10 Å². The Morgan fingerprint density at radius 1 is 0.282 bits per heavy atom. The van der Waals surface area contributed by atoms with Crippen LogP contribution >= 0.6 is 0 Å². The Hall–Kier alpha value is -2.89. The highest BCUT2D eigenvalue weighted by atomic mass is 16.6. The first-order valence-electron chi connectivity index (χ1n) is 30.8. The normalized spacial score (nSPS) is 12.4. The Morgan fingerprint density at radius 2 is 0.507 bits per heavy atom. The van der Waals surface area contributed by atoms with Crippen LogP contribution in [0.15, 0.2) is 60.8 Å². The third kappa shape index (κ3) is 57.9. The van der Waals surface area contributed by atoms with E-state index in [9.17, 15) is 14.4 Å². The maximum atomic E-state index is 12.9. The van der Waals surface area contributed by atoms with Crippen LogP contribution in [0.5, 0.6) is 0 Å². The lowest BCUT2D eigenvalue weighted by Gasteiger charge is -2.18. The van der Waals surface area contributed by atoms with Crippen molar-refractivity contribution in [1.82, 2.24) is 0 Å². The van der Waals surface area contributed by atoms with Crippen molar-refractivity contribution in [3.8, 4) is 0 Å². The molecule has 1 atom stereocenters. The minimum atomic E-state index is -0.784. The average molecular weight is 994 g/mol. The maximum absolute atomic E-state index is 12.9. The van der Waals surface area contributed by atoms with Gasteiger partial charge in [0, 0.05) is 19.3 Å². The largest absolute Gasteiger partial charge is 0.462 e. The third-order valence-electron chi connectivity index (χ3n) is 13.5. The predicted molar refractivity (Wildman–Crippen MR) is 307 cm³/mol. The quantitative estimate of drug-likeness (QED) is 0.0261. The molecule has 71 heavy (non-hydrogen) atoms. The molecule has 0 aromatic heterocycles. The van der Waals surface area contributed by atoms with Crippen molar-refractivity contribution in [3.05, 3.63) is 60.8 Å². The van der Waals surface area contributed by atoms with Gasteiger partial charge >= 0.3 is 17.9 Å². The summed E-state index contributed by atoms with van der Waals surface area (Å²) in [6.45, 7) is 6.60. The van der Waals surface area contributed by atoms with Crippen LogP contribution in [0.25, 0.3) is 0 Å². The van der Waals surface area contributed by atoms with E-state index in [1.165, 1.54) is 186 Å². The maximum Gasteiger partial charge on any atom is 0.306 e. The third-order valence-corrected chi connectivity index (χ3v) is 13.5. The Balaban J connectivity index is 4.36. The molecule has 0 aliphatic heterocycles. The lowest BCUT2D eigenvalue weighted by molar-refractivity contribution is -0.167. The van der Waals surface area contributed by atoms with Gasteiger partial charge in [0.05, 0.1) is 0 Å². The first-order chi connectivity index (χ1) is 35.0. The number of carbonyl (C=O) groups excluding carboxylic acids is 3. The lowest BCUT2D eigenvalue weighted by Crippen LogP contribution is -2.30. The fourth-order valence-electron chi connectivity index (χ4n) is 8.79. The van der Waals surface area contributed by atoms with E-state index in [0.717, 1.165) is 89.9 Å². The molecule has 0 aromatic carbocycles. The van der Waals surface area contributed by atoms with Crippen LogP contribution in [-0.2, 0) is 28.6 Å². The van der Waals surface area contributed by atoms with Crippen molar-refractivity contribution in [1.29, 1.82) is 0 Å². The van der Waals surface area contributed by atoms with Gasteiger partial charge in [-0.2, -0.15) is 0 Å². The fraction of sp³-hybridized carbons (Fsp3) is 0.800. The van der Waals surface area contributed by atoms with Crippen molar-refractivity contribution in [2.45, 2.75) is 322 Å². The van der Waals surface area contributed by atoms with Crippen LogP contribution in [0.2, 0.25) is 0 Å². The van der Waals surface area contributed by atoms with Gasteiger partial charge in [-0.15, -0.1) is 0 Å². The van der Waals surface area contributed by atoms with Crippen LogP contribution in [-0.4, -0.2) is 37.2 Å². The van der Waals surface area contributed by atoms with E-state index >= 15 is 0 Å². The second kappa shape index (κ2) is 59.7. The number of hydrogen-bond acceptors (Lipinski definition) is 6. The summed E-state index contributed by atoms with van der Waals surface area (Å²) in [6, 6.07) is 0. The average Bonchev–Trinajstić information content (AvgIpc) is 3.37. The smallest absolute Gasteiger partial charge is 0.306 e. The molecule has 0 saturated carbocycles. The molecule has 0 amide bonds. The molecule has 6 nitrogen and oxygen atoms in total. The molecule has 6 heteroatoms. The molecule has 0 unspecified atom stereocenters. The lowest BCUT2D eigenvalue weighted by atomic mass is 10.1. The number of hydrogen-bond donors (Lipinski definition) is 0. The van der Waals surface area contributed by atoms with Crippen molar-refractivity contribution >= 4 is 17.9 Å². The Kier molecular flexibility index (Phi) is 57.2. The van der Waals surface area contributed by atoms with Gasteiger partial charge in [0.15, 0.2) is 6.10 Å². The van der Waals surface area contributed by atoms with E-state index in [1.807, 2.05) is 0 Å². The highest BCUT2D eigenvalue weighted by molar-refractivity contribution is 5.71. The Morgan fingerprint density at radius 3 is 0.817 bits per heavy atom. The van der Waals surface area contributed by atoms with Crippen LogP contribution in [0, 0.1) is 0 Å². The number of carbonyl (C=O) groups is 3. The van der Waals surface area contributed by atoms with Crippen LogP contribution in [0.4, 0.5) is 0 Å². The summed E-state index contributed by atoms with van der Waals surface area (Å²) >= 11 is 0. The van der Waals surface area contributed by atoms with Gasteiger partial charge in [-0.25, -0.2) is 0 Å². The molecular weight excluding hydrogens is 877 g/mol. The Bertz CT molecular complexity index is 1280. The molecule has 0 aliphatic carbocycles. The van der Waals surface area contributed by atoms with Gasteiger partial charge in [-0.1, -0.05) is 248 Å². The highest BCUT2D eigenvalue weighted by Crippen LogP contribution is 2.16. The molecule has 0 fully saturated rings. The number of esters is 3. The summed E-state index contributed by atoms with van der Waals surface area (Å²) in [4.78, 5) is 38.3. The fourth-order valence-corrected chi connectivity index (χ4v) is 8.79. The van der Waals surface area contributed by atoms with E-state index in [0.29, 0.717) is 19.3 Å². The molecule has 0 rings (SSSR count). The minimum Gasteiger partial charge on any atom is -0.462 e. The predicted octanol–water partition coefficient (Wildman–Crippen LogP) is 20.8. The second-order valence-electron chi connectivity index (χ2n) is 20.6. The zero-order chi connectivity index (χ0) is 51.4. The topological polar surface area (TPSA) is 78.9 Å². The molecule has 0 aromatic rings. The zero-order valence-corrected chi connectivity index (χ0v) is 47.2. The number of rotatable bonds is 56. The van der Waals surface area contributed by atoms with Gasteiger partial charge in [0.25, 0.3) is 0 Å². The second-order valence-corrected chi connectivity index (χ2v) is 20.6. The molecule has 0 bridgehead atoms. The van der Waals surface area contributed by atoms with E-state index in [-0.39, 0.29) is 31.1 Å². The molecule has 0 saturated heterocycles. The minimum absolute atomic E-state index is 0.0809. The van der Waals surface area contributed by atoms with E-state index in [2.05, 4.69) is 81.5 Å². The summed E-state index contributed by atoms with van der Waals surface area (Å²) in [5.74, 6) is -0.887. The standard InChI is InChI=1S/C65H116O6/c1-4-7-10-13-16-19-22-25-28-30-32-34-37-39-42-45-48-51-54-57-63(66)69-60-62(71-65(68)59-56-53-50-47-44-41-36-27-24-21-18-15-12-9-6-3)61-70-64(67)58-55-52-49-46-43-40-38-35-33-31-29-26-23-20-17-14-11-8-5-2/h16,18-19,21,25-29,36,62H,4-15,17,20,22-24,30-35,37-61H2,1-3H3/b19-16-,21-18-,28-25-,29-26-,36-27-/t62-/m1/s1. The summed E-state index contributed by atoms with van der Waals surface area (Å²) in [5.41, 5.74) is 0. The summed E-state index contributed by atoms with van der Waals surface area (Å²) < 4.78 is 16.9. The summed E-state index contributed by atoms with van der Waals surface area (Å²) in [6.07, 6.45) is 75.0. The van der Waals surface area contributed by atoms with Crippen molar-refractivity contribution in [2.24, 2.45) is 0 Å². The zero-order valence-electron chi connectivity index (χ0n) is 47.2. The molecule has 0 N–H and O–H groups in total. The first kappa shape index (κ1) is 68.1. The number of unbranched alkanes of at least 4 members (excludes halogenated alkanes) is 35. The Labute approximate surface area is 440 Å². The highest BCUT2D eigenvalue weighted by Gasteiger charge is 2.19. The molecule has 0 heterocycles. The van der Waals surface area contributed by atoms with Gasteiger partial charge < -0.3 is 14.2 Å². The first-order valence-corrected chi connectivity index (χ1v) is 30.8. The van der Waals surface area contributed by atoms with Gasteiger partial charge in [0.1, 0.15) is 13.2 Å². The number of allylic oxidation sites excluding steroid dienone is 10. The van der Waals surface area contributed by atoms with Crippen LogP contribution < -0.4 is 0 Å². The van der Waals surface area contributed by atoms with E-state index in [4.69, 9.17) is 14.2 Å². The summed E-state index contributed by atoms with van der Waals surface area (Å²) in [7, 11) is 0. The molecule has 0 spiro atoms. The van der Waals surface area contributed by atoms with Crippen molar-refractivity contribution in [3.63, 3.8) is 0 Å². The van der Waals surface area contributed by atoms with Gasteiger partial charge in [-0.05, 0) is 109 Å². The molecular formula is C65H116O6. The molecule has 0 aliphatic rings. The van der Waals surface area contributed by atoms with E-state index in [1.54, 1.807) is 0 Å². The van der Waals surface area contributed by atoms with Gasteiger partial charge in [0.2, 0.25) is 0 Å². The van der Waals surface area contributed by atoms with Crippen molar-refractivity contribution < 1.29 is 28.6 Å².